The number of benzene rings is 1. The predicted molar refractivity (Wildman–Crippen MR) is 80.5 cm³/mol. The summed E-state index contributed by atoms with van der Waals surface area (Å²) in [5, 5.41) is 9.03. The molecule has 0 bridgehead atoms. The molecule has 2 aliphatic rings. The molecule has 2 aliphatic heterocycles. The SMILES string of the molecule is O=C(O)c1cc(F)cc(N2CCC(N3CCCC3)CC2)c1.[H-].[Na+]. The van der Waals surface area contributed by atoms with Crippen LogP contribution in [0.2, 0.25) is 0 Å². The zero-order valence-corrected chi connectivity index (χ0v) is 15.1. The van der Waals surface area contributed by atoms with Gasteiger partial charge in [-0.25, -0.2) is 9.18 Å². The van der Waals surface area contributed by atoms with Crippen molar-refractivity contribution in [2.24, 2.45) is 0 Å². The largest absolute Gasteiger partial charge is 1.00 e. The van der Waals surface area contributed by atoms with Crippen molar-refractivity contribution in [3.8, 4) is 0 Å². The van der Waals surface area contributed by atoms with E-state index in [9.17, 15) is 9.18 Å². The Morgan fingerprint density at radius 1 is 1.14 bits per heavy atom. The third kappa shape index (κ3) is 4.02. The van der Waals surface area contributed by atoms with Crippen molar-refractivity contribution in [2.75, 3.05) is 31.1 Å². The summed E-state index contributed by atoms with van der Waals surface area (Å²) in [6.07, 6.45) is 4.73. The van der Waals surface area contributed by atoms with Crippen molar-refractivity contribution in [3.63, 3.8) is 0 Å². The molecular weight excluding hydrogens is 294 g/mol. The first-order chi connectivity index (χ1) is 10.1. The van der Waals surface area contributed by atoms with E-state index in [4.69, 9.17) is 5.11 Å². The summed E-state index contributed by atoms with van der Waals surface area (Å²) in [5.74, 6) is -1.56. The van der Waals surface area contributed by atoms with Crippen LogP contribution in [0.15, 0.2) is 18.2 Å². The van der Waals surface area contributed by atoms with Crippen LogP contribution >= 0.6 is 0 Å². The molecule has 0 saturated carbocycles. The van der Waals surface area contributed by atoms with Gasteiger partial charge >= 0.3 is 35.5 Å². The number of nitrogens with zero attached hydrogens (tertiary/aromatic N) is 2. The molecule has 1 aromatic rings. The molecular formula is C16H22FN2NaO2. The van der Waals surface area contributed by atoms with E-state index in [1.807, 2.05) is 0 Å². The maximum Gasteiger partial charge on any atom is 1.00 e. The smallest absolute Gasteiger partial charge is 1.00 e. The monoisotopic (exact) mass is 316 g/mol. The third-order valence-corrected chi connectivity index (χ3v) is 4.62. The summed E-state index contributed by atoms with van der Waals surface area (Å²) in [6.45, 7) is 4.13. The van der Waals surface area contributed by atoms with E-state index in [-0.39, 0.29) is 36.5 Å². The Morgan fingerprint density at radius 2 is 1.77 bits per heavy atom. The van der Waals surface area contributed by atoms with E-state index in [1.54, 1.807) is 6.07 Å². The normalized spacial score (nSPS) is 20.0. The summed E-state index contributed by atoms with van der Waals surface area (Å²) in [5.41, 5.74) is 0.707. The number of hydrogen-bond acceptors (Lipinski definition) is 3. The fourth-order valence-corrected chi connectivity index (χ4v) is 3.48. The Balaban J connectivity index is 0.00000132. The quantitative estimate of drug-likeness (QED) is 0.778. The van der Waals surface area contributed by atoms with Crippen molar-refractivity contribution in [1.82, 2.24) is 4.90 Å². The molecule has 0 amide bonds. The summed E-state index contributed by atoms with van der Waals surface area (Å²) < 4.78 is 13.6. The zero-order valence-electron chi connectivity index (χ0n) is 14.1. The van der Waals surface area contributed by atoms with Gasteiger partial charge in [-0.05, 0) is 57.0 Å². The number of anilines is 1. The molecule has 22 heavy (non-hydrogen) atoms. The maximum absolute atomic E-state index is 13.6. The second-order valence-electron chi connectivity index (χ2n) is 5.96. The van der Waals surface area contributed by atoms with Crippen molar-refractivity contribution < 1.29 is 45.3 Å². The standard InChI is InChI=1S/C16H21FN2O2.Na.H/c17-13-9-12(16(20)21)10-15(11-13)19-7-3-14(4-8-19)18-5-1-2-6-18;;/h9-11,14H,1-8H2,(H,20,21);;/q;+1;-1. The van der Waals surface area contributed by atoms with Crippen LogP contribution < -0.4 is 34.5 Å². The van der Waals surface area contributed by atoms with Gasteiger partial charge in [0.05, 0.1) is 5.56 Å². The van der Waals surface area contributed by atoms with Crippen molar-refractivity contribution in [2.45, 2.75) is 31.7 Å². The van der Waals surface area contributed by atoms with Crippen LogP contribution in [-0.4, -0.2) is 48.2 Å². The number of halogens is 1. The molecule has 0 aliphatic carbocycles. The number of aromatic carboxylic acids is 1. The first-order valence-electron chi connectivity index (χ1n) is 7.66. The fraction of sp³-hybridized carbons (Fsp3) is 0.562. The van der Waals surface area contributed by atoms with Crippen LogP contribution in [0.5, 0.6) is 0 Å². The van der Waals surface area contributed by atoms with Gasteiger partial charge in [-0.3, -0.25) is 0 Å². The number of rotatable bonds is 3. The molecule has 0 atom stereocenters. The number of carboxylic acid groups (broad SMARTS) is 1. The molecule has 3 rings (SSSR count). The Kier molecular flexibility index (Phi) is 6.26. The van der Waals surface area contributed by atoms with E-state index in [1.165, 1.54) is 32.0 Å². The number of carbonyl (C=O) groups is 1. The molecule has 1 N–H and O–H groups in total. The van der Waals surface area contributed by atoms with Crippen LogP contribution in [-0.2, 0) is 0 Å². The summed E-state index contributed by atoms with van der Waals surface area (Å²) in [7, 11) is 0. The maximum atomic E-state index is 13.6. The van der Waals surface area contributed by atoms with Gasteiger partial charge in [-0.15, -0.1) is 0 Å². The first kappa shape index (κ1) is 17.7. The van der Waals surface area contributed by atoms with Crippen molar-refractivity contribution in [3.05, 3.63) is 29.6 Å². The van der Waals surface area contributed by atoms with E-state index >= 15 is 0 Å². The minimum atomic E-state index is -1.08. The van der Waals surface area contributed by atoms with E-state index in [0.29, 0.717) is 11.7 Å². The molecule has 116 valence electrons. The molecule has 6 heteroatoms. The van der Waals surface area contributed by atoms with Crippen LogP contribution in [0.3, 0.4) is 0 Å². The van der Waals surface area contributed by atoms with Crippen LogP contribution in [0.25, 0.3) is 0 Å². The summed E-state index contributed by atoms with van der Waals surface area (Å²) in [4.78, 5) is 15.7. The summed E-state index contributed by atoms with van der Waals surface area (Å²) in [6, 6.07) is 4.71. The Bertz CT molecular complexity index is 533. The average Bonchev–Trinajstić information content (AvgIpc) is 3.01. The van der Waals surface area contributed by atoms with E-state index < -0.39 is 11.8 Å². The molecule has 2 saturated heterocycles. The van der Waals surface area contributed by atoms with E-state index in [0.717, 1.165) is 32.0 Å². The Hall–Kier alpha value is -0.620. The number of carboxylic acids is 1. The number of piperidine rings is 1. The molecule has 2 heterocycles. The van der Waals surface area contributed by atoms with Gasteiger partial charge < -0.3 is 16.3 Å². The minimum absolute atomic E-state index is 0. The average molecular weight is 316 g/mol. The van der Waals surface area contributed by atoms with Gasteiger partial charge in [0, 0.05) is 24.8 Å². The van der Waals surface area contributed by atoms with Crippen LogP contribution in [0.4, 0.5) is 10.1 Å². The fourth-order valence-electron chi connectivity index (χ4n) is 3.48. The van der Waals surface area contributed by atoms with Gasteiger partial charge in [-0.1, -0.05) is 0 Å². The van der Waals surface area contributed by atoms with Gasteiger partial charge in [-0.2, -0.15) is 0 Å². The zero-order chi connectivity index (χ0) is 14.8. The molecule has 4 nitrogen and oxygen atoms in total. The minimum Gasteiger partial charge on any atom is -1.00 e. The second kappa shape index (κ2) is 7.77. The Labute approximate surface area is 154 Å². The molecule has 0 unspecified atom stereocenters. The van der Waals surface area contributed by atoms with Gasteiger partial charge in [0.2, 0.25) is 0 Å². The van der Waals surface area contributed by atoms with Gasteiger partial charge in [0.15, 0.2) is 0 Å². The van der Waals surface area contributed by atoms with Crippen LogP contribution in [0.1, 0.15) is 37.5 Å². The number of likely N-dealkylation sites (tertiary alicyclic amines) is 1. The topological polar surface area (TPSA) is 43.8 Å². The van der Waals surface area contributed by atoms with Crippen molar-refractivity contribution >= 4 is 11.7 Å². The predicted octanol–water partition coefficient (Wildman–Crippen LogP) is -0.295. The second-order valence-corrected chi connectivity index (χ2v) is 5.96. The summed E-state index contributed by atoms with van der Waals surface area (Å²) >= 11 is 0. The third-order valence-electron chi connectivity index (χ3n) is 4.62. The first-order valence-corrected chi connectivity index (χ1v) is 7.66. The molecule has 0 radical (unpaired) electrons. The molecule has 2 fully saturated rings. The van der Waals surface area contributed by atoms with Crippen LogP contribution in [0, 0.1) is 5.82 Å². The molecule has 0 spiro atoms. The van der Waals surface area contributed by atoms with Gasteiger partial charge in [0.25, 0.3) is 0 Å². The van der Waals surface area contributed by atoms with Crippen molar-refractivity contribution in [1.29, 1.82) is 0 Å². The van der Waals surface area contributed by atoms with Gasteiger partial charge in [0.1, 0.15) is 5.82 Å². The molecule has 1 aromatic carbocycles. The number of hydrogen-bond donors (Lipinski definition) is 1. The van der Waals surface area contributed by atoms with E-state index in [2.05, 4.69) is 9.80 Å². The molecule has 0 aromatic heterocycles. The Morgan fingerprint density at radius 3 is 2.36 bits per heavy atom.